The molecule has 4 aromatic rings. The first-order chi connectivity index (χ1) is 16.9. The molecule has 0 aliphatic heterocycles. The zero-order chi connectivity index (χ0) is 24.9. The minimum atomic E-state index is -0.301. The third-order valence-electron chi connectivity index (χ3n) is 4.98. The molecule has 4 rings (SSSR count). The molecule has 0 spiro atoms. The number of aromatic nitrogens is 2. The summed E-state index contributed by atoms with van der Waals surface area (Å²) in [7, 11) is 1.50. The van der Waals surface area contributed by atoms with Crippen molar-refractivity contribution in [2.75, 3.05) is 19.0 Å². The average molecular weight is 600 g/mol. The van der Waals surface area contributed by atoms with Crippen LogP contribution in [0.15, 0.2) is 79.5 Å². The van der Waals surface area contributed by atoms with Gasteiger partial charge in [-0.15, -0.1) is 0 Å². The maximum atomic E-state index is 13.0. The van der Waals surface area contributed by atoms with E-state index in [1.807, 2.05) is 24.3 Å². The van der Waals surface area contributed by atoms with E-state index in [9.17, 15) is 9.59 Å². The molecule has 0 saturated carbocycles. The van der Waals surface area contributed by atoms with Crippen molar-refractivity contribution in [2.45, 2.75) is 6.92 Å². The van der Waals surface area contributed by atoms with Crippen molar-refractivity contribution in [1.29, 1.82) is 0 Å². The highest BCUT2D eigenvalue weighted by Crippen LogP contribution is 2.33. The van der Waals surface area contributed by atoms with Crippen molar-refractivity contribution in [3.05, 3.63) is 91.4 Å². The number of aryl methyl sites for hydroxylation is 1. The molecule has 35 heavy (non-hydrogen) atoms. The second kappa shape index (κ2) is 10.8. The van der Waals surface area contributed by atoms with Crippen molar-refractivity contribution in [3.63, 3.8) is 0 Å². The van der Waals surface area contributed by atoms with Gasteiger partial charge in [0, 0.05) is 20.2 Å². The van der Waals surface area contributed by atoms with Gasteiger partial charge in [-0.3, -0.25) is 9.59 Å². The molecule has 0 saturated heterocycles. The summed E-state index contributed by atoms with van der Waals surface area (Å²) in [6, 6.07) is 17.8. The molecule has 1 N–H and O–H groups in total. The molecule has 0 unspecified atom stereocenters. The maximum Gasteiger partial charge on any atom is 0.282 e. The minimum absolute atomic E-state index is 0.196. The first-order valence-corrected chi connectivity index (χ1v) is 12.0. The number of amides is 1. The topological polar surface area (TPSA) is 94.8 Å². The van der Waals surface area contributed by atoms with Crippen molar-refractivity contribution < 1.29 is 14.3 Å². The second-order valence-corrected chi connectivity index (χ2v) is 9.18. The minimum Gasteiger partial charge on any atom is -0.493 e. The van der Waals surface area contributed by atoms with Gasteiger partial charge in [0.25, 0.3) is 11.5 Å². The van der Waals surface area contributed by atoms with Crippen LogP contribution in [0.5, 0.6) is 11.5 Å². The van der Waals surface area contributed by atoms with Gasteiger partial charge in [-0.2, -0.15) is 9.78 Å². The number of hydrogen-bond donors (Lipinski definition) is 1. The van der Waals surface area contributed by atoms with Crippen LogP contribution in [0.3, 0.4) is 0 Å². The molecule has 1 aromatic heterocycles. The predicted molar refractivity (Wildman–Crippen MR) is 143 cm³/mol. The Hall–Kier alpha value is -3.50. The molecule has 0 radical (unpaired) electrons. The van der Waals surface area contributed by atoms with Crippen LogP contribution in [0, 0.1) is 6.92 Å². The quantitative estimate of drug-likeness (QED) is 0.297. The molecule has 178 valence electrons. The Morgan fingerprint density at radius 1 is 1.11 bits per heavy atom. The zero-order valence-electron chi connectivity index (χ0n) is 18.8. The number of rotatable bonds is 7. The number of hydrogen-bond acceptors (Lipinski definition) is 6. The zero-order valence-corrected chi connectivity index (χ0v) is 22.0. The van der Waals surface area contributed by atoms with Crippen LogP contribution in [0.4, 0.5) is 5.69 Å². The number of fused-ring (bicyclic) bond motifs is 1. The summed E-state index contributed by atoms with van der Waals surface area (Å²) in [6.07, 6.45) is 1.53. The van der Waals surface area contributed by atoms with Crippen molar-refractivity contribution in [1.82, 2.24) is 9.66 Å². The van der Waals surface area contributed by atoms with E-state index in [2.05, 4.69) is 47.3 Å². The van der Waals surface area contributed by atoms with Gasteiger partial charge in [-0.25, -0.2) is 4.98 Å². The Kier molecular flexibility index (Phi) is 7.62. The van der Waals surface area contributed by atoms with Crippen LogP contribution in [0.2, 0.25) is 0 Å². The summed E-state index contributed by atoms with van der Waals surface area (Å²) in [5.41, 5.74) is 1.64. The third-order valence-corrected chi connectivity index (χ3v) is 6.16. The van der Waals surface area contributed by atoms with E-state index in [-0.39, 0.29) is 18.1 Å². The van der Waals surface area contributed by atoms with Gasteiger partial charge >= 0.3 is 0 Å². The summed E-state index contributed by atoms with van der Waals surface area (Å²) in [4.78, 5) is 29.6. The maximum absolute atomic E-state index is 13.0. The fourth-order valence-corrected chi connectivity index (χ4v) is 4.09. The van der Waals surface area contributed by atoms with E-state index in [4.69, 9.17) is 9.47 Å². The van der Waals surface area contributed by atoms with E-state index in [0.29, 0.717) is 43.9 Å². The average Bonchev–Trinajstić information content (AvgIpc) is 2.84. The first-order valence-electron chi connectivity index (χ1n) is 10.4. The molecule has 3 aromatic carbocycles. The third kappa shape index (κ3) is 5.77. The predicted octanol–water partition coefficient (Wildman–Crippen LogP) is 5.14. The summed E-state index contributed by atoms with van der Waals surface area (Å²) < 4.78 is 13.8. The number of anilines is 1. The Bertz CT molecular complexity index is 1490. The lowest BCUT2D eigenvalue weighted by molar-refractivity contribution is -0.118. The van der Waals surface area contributed by atoms with Crippen molar-refractivity contribution in [3.8, 4) is 11.5 Å². The second-order valence-electron chi connectivity index (χ2n) is 7.41. The molecule has 8 nitrogen and oxygen atoms in total. The van der Waals surface area contributed by atoms with Gasteiger partial charge in [-0.1, -0.05) is 34.1 Å². The number of nitrogens with one attached hydrogen (secondary N) is 1. The largest absolute Gasteiger partial charge is 0.493 e. The number of para-hydroxylation sites is 1. The van der Waals surface area contributed by atoms with Gasteiger partial charge in [0.2, 0.25) is 0 Å². The van der Waals surface area contributed by atoms with Crippen LogP contribution < -0.4 is 20.3 Å². The van der Waals surface area contributed by atoms with Crippen LogP contribution >= 0.6 is 31.9 Å². The lowest BCUT2D eigenvalue weighted by Crippen LogP contribution is -2.21. The molecular formula is C25H20Br2N4O4. The van der Waals surface area contributed by atoms with E-state index in [1.165, 1.54) is 18.0 Å². The number of ether oxygens (including phenoxy) is 2. The van der Waals surface area contributed by atoms with Crippen LogP contribution in [-0.2, 0) is 4.79 Å². The van der Waals surface area contributed by atoms with Crippen LogP contribution in [-0.4, -0.2) is 35.5 Å². The molecular weight excluding hydrogens is 580 g/mol. The monoisotopic (exact) mass is 598 g/mol. The van der Waals surface area contributed by atoms with E-state index < -0.39 is 0 Å². The van der Waals surface area contributed by atoms with E-state index in [1.54, 1.807) is 43.3 Å². The number of carbonyl (C=O) groups excluding carboxylic acids is 1. The lowest BCUT2D eigenvalue weighted by atomic mass is 10.2. The molecule has 1 heterocycles. The molecule has 0 atom stereocenters. The number of nitrogens with zero attached hydrogens (tertiary/aromatic N) is 3. The molecule has 10 heteroatoms. The first kappa shape index (κ1) is 24.6. The Morgan fingerprint density at radius 3 is 2.63 bits per heavy atom. The number of carbonyl (C=O) groups is 1. The Morgan fingerprint density at radius 2 is 1.89 bits per heavy atom. The summed E-state index contributed by atoms with van der Waals surface area (Å²) in [6.45, 7) is 1.52. The number of halogens is 2. The summed E-state index contributed by atoms with van der Waals surface area (Å²) in [5, 5.41) is 7.57. The highest BCUT2D eigenvalue weighted by Gasteiger charge is 2.13. The van der Waals surface area contributed by atoms with Gasteiger partial charge in [0.15, 0.2) is 18.1 Å². The molecule has 0 bridgehead atoms. The van der Waals surface area contributed by atoms with Crippen molar-refractivity contribution in [2.24, 2.45) is 5.10 Å². The number of benzene rings is 3. The fourth-order valence-electron chi connectivity index (χ4n) is 3.30. The van der Waals surface area contributed by atoms with Gasteiger partial charge in [0.05, 0.1) is 24.2 Å². The highest BCUT2D eigenvalue weighted by atomic mass is 79.9. The lowest BCUT2D eigenvalue weighted by Gasteiger charge is -2.13. The Balaban J connectivity index is 1.55. The van der Waals surface area contributed by atoms with Crippen LogP contribution in [0.25, 0.3) is 10.9 Å². The van der Waals surface area contributed by atoms with E-state index >= 15 is 0 Å². The normalized spacial score (nSPS) is 11.1. The highest BCUT2D eigenvalue weighted by molar-refractivity contribution is 9.10. The SMILES string of the molecule is COc1cc(C=Nn2c(C)nc3ccc(Br)cc3c2=O)c(Br)cc1OCC(=O)Nc1ccccc1. The molecule has 0 aliphatic carbocycles. The summed E-state index contributed by atoms with van der Waals surface area (Å²) in [5.74, 6) is 0.941. The standard InChI is InChI=1S/C25H20Br2N4O4/c1-15-29-21-9-8-17(26)11-19(21)25(33)31(15)28-13-16-10-22(34-2)23(12-20(16)27)35-14-24(32)30-18-6-4-3-5-7-18/h3-13H,14H2,1-2H3,(H,30,32). The fraction of sp³-hybridized carbons (Fsp3) is 0.120. The Labute approximate surface area is 217 Å². The summed E-state index contributed by atoms with van der Waals surface area (Å²) >= 11 is 6.88. The molecule has 0 fully saturated rings. The molecule has 1 amide bonds. The van der Waals surface area contributed by atoms with Gasteiger partial charge in [0.1, 0.15) is 5.82 Å². The number of methoxy groups -OCH3 is 1. The molecule has 0 aliphatic rings. The van der Waals surface area contributed by atoms with Gasteiger partial charge < -0.3 is 14.8 Å². The van der Waals surface area contributed by atoms with Crippen LogP contribution in [0.1, 0.15) is 11.4 Å². The smallest absolute Gasteiger partial charge is 0.282 e. The van der Waals surface area contributed by atoms with Crippen molar-refractivity contribution >= 4 is 60.6 Å². The van der Waals surface area contributed by atoms with E-state index in [0.717, 1.165) is 4.47 Å². The van der Waals surface area contributed by atoms with Gasteiger partial charge in [-0.05, 0) is 65.3 Å².